The molecule has 0 atom stereocenters. The molecule has 2 aromatic rings. The van der Waals surface area contributed by atoms with E-state index in [9.17, 15) is 0 Å². The SMILES string of the molecule is Cn1cnc(OCc2ccc(CN)cc2Br)n1. The van der Waals surface area contributed by atoms with Gasteiger partial charge in [0.2, 0.25) is 0 Å². The minimum absolute atomic E-state index is 0.377. The van der Waals surface area contributed by atoms with Crippen LogP contribution in [0.15, 0.2) is 29.0 Å². The van der Waals surface area contributed by atoms with Crippen molar-refractivity contribution < 1.29 is 4.74 Å². The summed E-state index contributed by atoms with van der Waals surface area (Å²) in [6.07, 6.45) is 1.60. The Morgan fingerprint density at radius 3 is 2.88 bits per heavy atom. The smallest absolute Gasteiger partial charge is 0.335 e. The maximum absolute atomic E-state index is 5.56. The maximum Gasteiger partial charge on any atom is 0.335 e. The highest BCUT2D eigenvalue weighted by molar-refractivity contribution is 9.10. The molecule has 0 fully saturated rings. The second kappa shape index (κ2) is 5.29. The number of hydrogen-bond acceptors (Lipinski definition) is 4. The Hall–Kier alpha value is -1.40. The zero-order valence-electron chi connectivity index (χ0n) is 9.43. The lowest BCUT2D eigenvalue weighted by atomic mass is 10.1. The molecule has 1 heterocycles. The van der Waals surface area contributed by atoms with Crippen LogP contribution < -0.4 is 10.5 Å². The third kappa shape index (κ3) is 3.04. The Morgan fingerprint density at radius 1 is 1.47 bits per heavy atom. The van der Waals surface area contributed by atoms with E-state index in [1.54, 1.807) is 18.1 Å². The fraction of sp³-hybridized carbons (Fsp3) is 0.273. The predicted molar refractivity (Wildman–Crippen MR) is 67.4 cm³/mol. The average molecular weight is 297 g/mol. The third-order valence-corrected chi connectivity index (χ3v) is 3.03. The minimum Gasteiger partial charge on any atom is -0.457 e. The first kappa shape index (κ1) is 12.1. The molecule has 0 bridgehead atoms. The highest BCUT2D eigenvalue weighted by atomic mass is 79.9. The standard InChI is InChI=1S/C11H13BrN4O/c1-16-7-14-11(15-16)17-6-9-3-2-8(5-13)4-10(9)12/h2-4,7H,5-6,13H2,1H3. The molecule has 0 aliphatic heterocycles. The van der Waals surface area contributed by atoms with Gasteiger partial charge in [-0.25, -0.2) is 0 Å². The van der Waals surface area contributed by atoms with Crippen LogP contribution in [-0.2, 0) is 20.2 Å². The zero-order valence-corrected chi connectivity index (χ0v) is 11.0. The molecule has 0 unspecified atom stereocenters. The van der Waals surface area contributed by atoms with Crippen LogP contribution in [0.3, 0.4) is 0 Å². The third-order valence-electron chi connectivity index (χ3n) is 2.29. The quantitative estimate of drug-likeness (QED) is 0.931. The van der Waals surface area contributed by atoms with Crippen LogP contribution in [-0.4, -0.2) is 14.8 Å². The molecule has 90 valence electrons. The Kier molecular flexibility index (Phi) is 3.75. The highest BCUT2D eigenvalue weighted by Gasteiger charge is 2.04. The van der Waals surface area contributed by atoms with Gasteiger partial charge in [0.15, 0.2) is 0 Å². The number of rotatable bonds is 4. The van der Waals surface area contributed by atoms with E-state index in [4.69, 9.17) is 10.5 Å². The second-order valence-electron chi connectivity index (χ2n) is 3.62. The molecule has 0 radical (unpaired) electrons. The second-order valence-corrected chi connectivity index (χ2v) is 4.47. The summed E-state index contributed by atoms with van der Waals surface area (Å²) in [4.78, 5) is 3.99. The van der Waals surface area contributed by atoms with Gasteiger partial charge >= 0.3 is 6.01 Å². The van der Waals surface area contributed by atoms with Crippen molar-refractivity contribution in [3.05, 3.63) is 40.1 Å². The van der Waals surface area contributed by atoms with Crippen molar-refractivity contribution in [2.24, 2.45) is 12.8 Å². The summed E-state index contributed by atoms with van der Waals surface area (Å²) < 4.78 is 8.04. The van der Waals surface area contributed by atoms with Gasteiger partial charge in [0.05, 0.1) is 0 Å². The molecule has 0 saturated carbocycles. The number of benzene rings is 1. The van der Waals surface area contributed by atoms with Crippen LogP contribution >= 0.6 is 15.9 Å². The van der Waals surface area contributed by atoms with Crippen LogP contribution in [0.25, 0.3) is 0 Å². The summed E-state index contributed by atoms with van der Waals surface area (Å²) in [5.41, 5.74) is 7.68. The van der Waals surface area contributed by atoms with E-state index in [1.165, 1.54) is 0 Å². The fourth-order valence-electron chi connectivity index (χ4n) is 1.36. The summed E-state index contributed by atoms with van der Waals surface area (Å²) >= 11 is 3.49. The molecule has 2 rings (SSSR count). The van der Waals surface area contributed by atoms with Gasteiger partial charge in [0, 0.05) is 23.6 Å². The minimum atomic E-state index is 0.377. The number of hydrogen-bond donors (Lipinski definition) is 1. The number of aryl methyl sites for hydroxylation is 1. The molecule has 1 aromatic carbocycles. The van der Waals surface area contributed by atoms with E-state index < -0.39 is 0 Å². The van der Waals surface area contributed by atoms with Gasteiger partial charge in [-0.3, -0.25) is 4.68 Å². The van der Waals surface area contributed by atoms with E-state index in [-0.39, 0.29) is 0 Å². The first-order chi connectivity index (χ1) is 8.19. The molecule has 6 heteroatoms. The van der Waals surface area contributed by atoms with Crippen molar-refractivity contribution in [2.45, 2.75) is 13.2 Å². The molecule has 0 amide bonds. The zero-order chi connectivity index (χ0) is 12.3. The Labute approximate surface area is 108 Å². The molecular weight excluding hydrogens is 284 g/mol. The van der Waals surface area contributed by atoms with Crippen molar-refractivity contribution in [2.75, 3.05) is 0 Å². The average Bonchev–Trinajstić information content (AvgIpc) is 2.73. The molecule has 5 nitrogen and oxygen atoms in total. The van der Waals surface area contributed by atoms with Gasteiger partial charge in [-0.05, 0) is 11.6 Å². The van der Waals surface area contributed by atoms with Crippen LogP contribution in [0.5, 0.6) is 6.01 Å². The molecule has 1 aromatic heterocycles. The normalized spacial score (nSPS) is 10.5. The topological polar surface area (TPSA) is 66.0 Å². The number of aromatic nitrogens is 3. The summed E-state index contributed by atoms with van der Waals surface area (Å²) in [6.45, 7) is 0.955. The first-order valence-electron chi connectivity index (χ1n) is 5.15. The summed E-state index contributed by atoms with van der Waals surface area (Å²) in [5.74, 6) is 0. The lowest BCUT2D eigenvalue weighted by molar-refractivity contribution is 0.279. The van der Waals surface area contributed by atoms with Gasteiger partial charge in [0.1, 0.15) is 12.9 Å². The van der Waals surface area contributed by atoms with Crippen LogP contribution in [0, 0.1) is 0 Å². The summed E-state index contributed by atoms with van der Waals surface area (Å²) in [7, 11) is 1.80. The highest BCUT2D eigenvalue weighted by Crippen LogP contribution is 2.19. The monoisotopic (exact) mass is 296 g/mol. The lowest BCUT2D eigenvalue weighted by Gasteiger charge is -2.06. The molecule has 0 aliphatic rings. The van der Waals surface area contributed by atoms with Gasteiger partial charge in [0.25, 0.3) is 0 Å². The lowest BCUT2D eigenvalue weighted by Crippen LogP contribution is -2.01. The van der Waals surface area contributed by atoms with Crippen LogP contribution in [0.4, 0.5) is 0 Å². The molecule has 2 N–H and O–H groups in total. The molecule has 0 saturated heterocycles. The van der Waals surface area contributed by atoms with E-state index >= 15 is 0 Å². The number of halogens is 1. The van der Waals surface area contributed by atoms with E-state index in [0.717, 1.165) is 15.6 Å². The Morgan fingerprint density at radius 2 is 2.29 bits per heavy atom. The molecular formula is C11H13BrN4O. The van der Waals surface area contributed by atoms with Crippen molar-refractivity contribution in [3.8, 4) is 6.01 Å². The Bertz CT molecular complexity index is 512. The van der Waals surface area contributed by atoms with Crippen molar-refractivity contribution >= 4 is 15.9 Å². The van der Waals surface area contributed by atoms with Crippen molar-refractivity contribution in [3.63, 3.8) is 0 Å². The summed E-state index contributed by atoms with van der Waals surface area (Å²) in [6, 6.07) is 6.33. The van der Waals surface area contributed by atoms with Crippen molar-refractivity contribution in [1.82, 2.24) is 14.8 Å². The fourth-order valence-corrected chi connectivity index (χ4v) is 1.90. The molecule has 17 heavy (non-hydrogen) atoms. The van der Waals surface area contributed by atoms with E-state index in [2.05, 4.69) is 26.0 Å². The van der Waals surface area contributed by atoms with Crippen LogP contribution in [0.1, 0.15) is 11.1 Å². The molecule has 0 spiro atoms. The van der Waals surface area contributed by atoms with E-state index in [0.29, 0.717) is 19.2 Å². The molecule has 0 aliphatic carbocycles. The number of nitrogens with two attached hydrogens (primary N) is 1. The van der Waals surface area contributed by atoms with Gasteiger partial charge in [-0.2, -0.15) is 4.98 Å². The Balaban J connectivity index is 2.04. The largest absolute Gasteiger partial charge is 0.457 e. The first-order valence-corrected chi connectivity index (χ1v) is 5.94. The van der Waals surface area contributed by atoms with Crippen LogP contribution in [0.2, 0.25) is 0 Å². The van der Waals surface area contributed by atoms with Gasteiger partial charge in [-0.1, -0.05) is 28.1 Å². The summed E-state index contributed by atoms with van der Waals surface area (Å²) in [5, 5.41) is 4.04. The predicted octanol–water partition coefficient (Wildman–Crippen LogP) is 1.62. The van der Waals surface area contributed by atoms with Crippen molar-refractivity contribution in [1.29, 1.82) is 0 Å². The maximum atomic E-state index is 5.56. The van der Waals surface area contributed by atoms with E-state index in [1.807, 2.05) is 18.2 Å². The van der Waals surface area contributed by atoms with Gasteiger partial charge in [-0.15, -0.1) is 5.10 Å². The number of ether oxygens (including phenoxy) is 1. The van der Waals surface area contributed by atoms with Gasteiger partial charge < -0.3 is 10.5 Å². The number of nitrogens with zero attached hydrogens (tertiary/aromatic N) is 3.